The van der Waals surface area contributed by atoms with E-state index in [4.69, 9.17) is 0 Å². The molecule has 5 aliphatic carbocycles. The van der Waals surface area contributed by atoms with E-state index in [1.54, 1.807) is 0 Å². The lowest BCUT2D eigenvalue weighted by atomic mass is 9.37. The van der Waals surface area contributed by atoms with Crippen LogP contribution in [0.15, 0.2) is 11.8 Å². The minimum Gasteiger partial charge on any atom is -0.512 e. The zero-order chi connectivity index (χ0) is 19.2. The van der Waals surface area contributed by atoms with Crippen LogP contribution in [0.3, 0.4) is 0 Å². The number of rotatable bonds is 0. The van der Waals surface area contributed by atoms with Gasteiger partial charge in [-0.1, -0.05) is 41.0 Å². The number of fused-ring (bicyclic) bond motifs is 7. The van der Waals surface area contributed by atoms with E-state index < -0.39 is 0 Å². The van der Waals surface area contributed by atoms with Crippen molar-refractivity contribution in [2.75, 3.05) is 0 Å². The lowest BCUT2D eigenvalue weighted by molar-refractivity contribution is -0.182. The minimum absolute atomic E-state index is 0.0399. The summed E-state index contributed by atoms with van der Waals surface area (Å²) in [5.74, 6) is 5.15. The normalized spacial score (nSPS) is 56.3. The van der Waals surface area contributed by atoms with Gasteiger partial charge >= 0.3 is 0 Å². The predicted molar refractivity (Wildman–Crippen MR) is 112 cm³/mol. The maximum Gasteiger partial charge on any atom is 0.0942 e. The number of aliphatic hydroxyl groups excluding tert-OH is 1. The van der Waals surface area contributed by atoms with E-state index >= 15 is 0 Å². The first-order chi connectivity index (χ1) is 12.6. The summed E-state index contributed by atoms with van der Waals surface area (Å²) in [6.07, 6.45) is 16.5. The second kappa shape index (κ2) is 5.57. The second-order valence-electron chi connectivity index (χ2n) is 12.7. The fourth-order valence-corrected chi connectivity index (χ4v) is 10.1. The van der Waals surface area contributed by atoms with Crippen LogP contribution in [0.25, 0.3) is 0 Å². The van der Waals surface area contributed by atoms with Gasteiger partial charge in [0.05, 0.1) is 5.76 Å². The van der Waals surface area contributed by atoms with E-state index in [9.17, 15) is 5.11 Å². The lowest BCUT2D eigenvalue weighted by Gasteiger charge is -2.68. The van der Waals surface area contributed by atoms with Crippen LogP contribution in [-0.4, -0.2) is 5.11 Å². The van der Waals surface area contributed by atoms with Crippen molar-refractivity contribution in [3.05, 3.63) is 11.8 Å². The molecule has 0 aromatic rings. The fraction of sp³-hybridized carbons (Fsp3) is 0.923. The van der Waals surface area contributed by atoms with E-state index in [0.717, 1.165) is 30.1 Å². The average Bonchev–Trinajstić information content (AvgIpc) is 3.00. The monoisotopic (exact) mass is 370 g/mol. The van der Waals surface area contributed by atoms with Gasteiger partial charge in [0.25, 0.3) is 0 Å². The molecule has 0 aliphatic heterocycles. The van der Waals surface area contributed by atoms with Crippen LogP contribution >= 0.6 is 0 Å². The molecule has 0 heterocycles. The molecule has 3 unspecified atom stereocenters. The van der Waals surface area contributed by atoms with Crippen molar-refractivity contribution in [1.29, 1.82) is 0 Å². The molecule has 5 aliphatic rings. The highest BCUT2D eigenvalue weighted by Gasteiger charge is 2.64. The third kappa shape index (κ3) is 2.24. The molecule has 0 amide bonds. The Balaban J connectivity index is 1.50. The van der Waals surface area contributed by atoms with Crippen molar-refractivity contribution >= 4 is 0 Å². The first-order valence-electron chi connectivity index (χ1n) is 12.0. The summed E-state index contributed by atoms with van der Waals surface area (Å²) in [6.45, 7) is 12.6. The van der Waals surface area contributed by atoms with Gasteiger partial charge in [0.1, 0.15) is 0 Å². The molecule has 0 aromatic carbocycles. The highest BCUT2D eigenvalue weighted by molar-refractivity contribution is 5.21. The molecule has 27 heavy (non-hydrogen) atoms. The molecule has 4 fully saturated rings. The Labute approximate surface area is 167 Å². The molecule has 152 valence electrons. The lowest BCUT2D eigenvalue weighted by Crippen LogP contribution is -2.61. The van der Waals surface area contributed by atoms with E-state index in [2.05, 4.69) is 40.7 Å². The maximum atomic E-state index is 10.6. The summed E-state index contributed by atoms with van der Waals surface area (Å²) >= 11 is 0. The summed E-state index contributed by atoms with van der Waals surface area (Å²) in [5.41, 5.74) is 1.55. The van der Waals surface area contributed by atoms with E-state index in [0.29, 0.717) is 27.9 Å². The summed E-state index contributed by atoms with van der Waals surface area (Å²) in [7, 11) is 0. The first-order valence-corrected chi connectivity index (χ1v) is 12.0. The molecule has 8 atom stereocenters. The number of hydrogen-bond acceptors (Lipinski definition) is 1. The smallest absolute Gasteiger partial charge is 0.0942 e. The Hall–Kier alpha value is -0.460. The largest absolute Gasteiger partial charge is 0.512 e. The Morgan fingerprint density at radius 1 is 0.778 bits per heavy atom. The van der Waals surface area contributed by atoms with Crippen LogP contribution in [-0.2, 0) is 0 Å². The number of hydrogen-bond donors (Lipinski definition) is 1. The van der Waals surface area contributed by atoms with Crippen molar-refractivity contribution in [1.82, 2.24) is 0 Å². The first kappa shape index (κ1) is 18.6. The van der Waals surface area contributed by atoms with E-state index in [1.165, 1.54) is 57.8 Å². The third-order valence-electron chi connectivity index (χ3n) is 11.5. The molecule has 0 saturated heterocycles. The number of aliphatic hydroxyl groups is 1. The van der Waals surface area contributed by atoms with Crippen LogP contribution in [0.5, 0.6) is 0 Å². The molecule has 0 bridgehead atoms. The molecule has 5 rings (SSSR count). The van der Waals surface area contributed by atoms with Crippen LogP contribution < -0.4 is 0 Å². The average molecular weight is 371 g/mol. The second-order valence-corrected chi connectivity index (χ2v) is 12.7. The molecular formula is C26H42O. The minimum atomic E-state index is -0.0399. The van der Waals surface area contributed by atoms with Gasteiger partial charge < -0.3 is 5.11 Å². The van der Waals surface area contributed by atoms with Crippen molar-refractivity contribution in [3.8, 4) is 0 Å². The van der Waals surface area contributed by atoms with Crippen LogP contribution in [0.4, 0.5) is 0 Å². The Bertz CT molecular complexity index is 661. The van der Waals surface area contributed by atoms with Crippen molar-refractivity contribution < 1.29 is 5.11 Å². The highest BCUT2D eigenvalue weighted by Crippen LogP contribution is 2.72. The standard InChI is InChI=1S/C26H42O/c1-23(2)20-11-15-25(4)19-10-14-24(3)13-6-7-18(24)17(19)8-9-21(25)26(20,5)16-12-22(23)27/h12,17-21,27H,6-11,13-16H2,1-5H3/t17-,18-,19?,20?,21?,24-,25+,26+/m1/s1. The van der Waals surface area contributed by atoms with Gasteiger partial charge in [-0.15, -0.1) is 0 Å². The highest BCUT2D eigenvalue weighted by atomic mass is 16.3. The molecule has 0 radical (unpaired) electrons. The Morgan fingerprint density at radius 2 is 1.56 bits per heavy atom. The molecule has 1 nitrogen and oxygen atoms in total. The van der Waals surface area contributed by atoms with Gasteiger partial charge in [-0.25, -0.2) is 0 Å². The van der Waals surface area contributed by atoms with Crippen LogP contribution in [0, 0.1) is 51.2 Å². The zero-order valence-electron chi connectivity index (χ0n) is 18.5. The molecule has 1 N–H and O–H groups in total. The van der Waals surface area contributed by atoms with E-state index in [1.807, 2.05) is 0 Å². The quantitative estimate of drug-likeness (QED) is 0.467. The molecular weight excluding hydrogens is 328 g/mol. The molecule has 4 saturated carbocycles. The Morgan fingerprint density at radius 3 is 2.33 bits per heavy atom. The molecule has 0 aromatic heterocycles. The fourth-order valence-electron chi connectivity index (χ4n) is 10.1. The van der Waals surface area contributed by atoms with Gasteiger partial charge in [-0.3, -0.25) is 0 Å². The summed E-state index contributed by atoms with van der Waals surface area (Å²) in [6, 6.07) is 0. The Kier molecular flexibility index (Phi) is 3.83. The van der Waals surface area contributed by atoms with Crippen LogP contribution in [0.2, 0.25) is 0 Å². The summed E-state index contributed by atoms with van der Waals surface area (Å²) in [5, 5.41) is 10.6. The van der Waals surface area contributed by atoms with Gasteiger partial charge in [-0.2, -0.15) is 0 Å². The van der Waals surface area contributed by atoms with Crippen molar-refractivity contribution in [2.45, 2.75) is 98.8 Å². The SMILES string of the molecule is CC1(C)C(O)=CC[C@@]2(C)C1CC[C@@]1(C)C3CC[C@@]4(C)CCC[C@@H]4[C@H]3CCC12. The van der Waals surface area contributed by atoms with Crippen molar-refractivity contribution in [3.63, 3.8) is 0 Å². The van der Waals surface area contributed by atoms with Gasteiger partial charge in [-0.05, 0) is 110 Å². The summed E-state index contributed by atoms with van der Waals surface area (Å²) < 4.78 is 0. The predicted octanol–water partition coefficient (Wildman–Crippen LogP) is 7.52. The molecule has 1 heteroatoms. The number of allylic oxidation sites excluding steroid dienone is 2. The van der Waals surface area contributed by atoms with E-state index in [-0.39, 0.29) is 5.41 Å². The summed E-state index contributed by atoms with van der Waals surface area (Å²) in [4.78, 5) is 0. The third-order valence-corrected chi connectivity index (χ3v) is 11.5. The van der Waals surface area contributed by atoms with Crippen LogP contribution in [0.1, 0.15) is 98.8 Å². The maximum absolute atomic E-state index is 10.6. The topological polar surface area (TPSA) is 20.2 Å². The van der Waals surface area contributed by atoms with Gasteiger partial charge in [0.2, 0.25) is 0 Å². The zero-order valence-corrected chi connectivity index (χ0v) is 18.5. The van der Waals surface area contributed by atoms with Crippen molar-refractivity contribution in [2.24, 2.45) is 51.2 Å². The van der Waals surface area contributed by atoms with Gasteiger partial charge in [0, 0.05) is 5.41 Å². The molecule has 0 spiro atoms. The van der Waals surface area contributed by atoms with Gasteiger partial charge in [0.15, 0.2) is 0 Å².